The van der Waals surface area contributed by atoms with E-state index in [2.05, 4.69) is 15.6 Å². The van der Waals surface area contributed by atoms with Gasteiger partial charge in [0.15, 0.2) is 0 Å². The molecule has 1 aromatic heterocycles. The Kier molecular flexibility index (Phi) is 3.64. The number of nitrogens with one attached hydrogen (secondary N) is 2. The molecular formula is C16H15N3O2. The summed E-state index contributed by atoms with van der Waals surface area (Å²) in [5.74, 6) is 0.0178. The number of pyridine rings is 1. The van der Waals surface area contributed by atoms with Crippen LogP contribution in [0.2, 0.25) is 0 Å². The fraction of sp³-hybridized carbons (Fsp3) is 0.188. The van der Waals surface area contributed by atoms with Crippen LogP contribution in [-0.2, 0) is 4.79 Å². The maximum Gasteiger partial charge on any atom is 0.255 e. The maximum atomic E-state index is 12.0. The predicted molar refractivity (Wildman–Crippen MR) is 80.0 cm³/mol. The quantitative estimate of drug-likeness (QED) is 0.905. The van der Waals surface area contributed by atoms with Gasteiger partial charge in [0.05, 0.1) is 11.9 Å². The summed E-state index contributed by atoms with van der Waals surface area (Å²) >= 11 is 0. The van der Waals surface area contributed by atoms with Gasteiger partial charge >= 0.3 is 0 Å². The molecule has 5 heteroatoms. The highest BCUT2D eigenvalue weighted by molar-refractivity contribution is 6.04. The van der Waals surface area contributed by atoms with Gasteiger partial charge in [-0.15, -0.1) is 0 Å². The number of anilines is 2. The molecule has 2 aromatic rings. The van der Waals surface area contributed by atoms with Gasteiger partial charge in [-0.05, 0) is 49.2 Å². The van der Waals surface area contributed by atoms with Crippen LogP contribution >= 0.6 is 0 Å². The highest BCUT2D eigenvalue weighted by Gasteiger charge is 2.29. The van der Waals surface area contributed by atoms with Crippen LogP contribution in [0, 0.1) is 5.92 Å². The lowest BCUT2D eigenvalue weighted by Gasteiger charge is -2.07. The molecular weight excluding hydrogens is 266 g/mol. The van der Waals surface area contributed by atoms with E-state index in [-0.39, 0.29) is 17.7 Å². The number of amides is 2. The molecule has 0 aliphatic heterocycles. The molecule has 0 bridgehead atoms. The first-order valence-electron chi connectivity index (χ1n) is 6.85. The van der Waals surface area contributed by atoms with Crippen molar-refractivity contribution in [3.8, 4) is 0 Å². The smallest absolute Gasteiger partial charge is 0.255 e. The van der Waals surface area contributed by atoms with Crippen LogP contribution < -0.4 is 10.6 Å². The summed E-state index contributed by atoms with van der Waals surface area (Å²) in [7, 11) is 0. The molecule has 1 aliphatic rings. The minimum absolute atomic E-state index is 0.0579. The average Bonchev–Trinajstić information content (AvgIpc) is 3.33. The van der Waals surface area contributed by atoms with Crippen molar-refractivity contribution in [1.82, 2.24) is 4.98 Å². The van der Waals surface area contributed by atoms with E-state index >= 15 is 0 Å². The normalized spacial score (nSPS) is 13.5. The first-order valence-corrected chi connectivity index (χ1v) is 6.85. The number of carbonyl (C=O) groups is 2. The molecule has 3 rings (SSSR count). The SMILES string of the molecule is O=C(Nc1cccnc1)c1ccc(NC(=O)C2CC2)cc1. The second-order valence-electron chi connectivity index (χ2n) is 5.04. The van der Waals surface area contributed by atoms with E-state index in [4.69, 9.17) is 0 Å². The maximum absolute atomic E-state index is 12.0. The van der Waals surface area contributed by atoms with Crippen LogP contribution in [0.1, 0.15) is 23.2 Å². The van der Waals surface area contributed by atoms with Gasteiger partial charge in [0.1, 0.15) is 0 Å². The highest BCUT2D eigenvalue weighted by atomic mass is 16.2. The molecule has 0 spiro atoms. The standard InChI is InChI=1S/C16H15N3O2/c20-15(11-3-4-11)18-13-7-5-12(6-8-13)16(21)19-14-2-1-9-17-10-14/h1-2,5-11H,3-4H2,(H,18,20)(H,19,21). The Bertz CT molecular complexity index is 649. The van der Waals surface area contributed by atoms with Crippen molar-refractivity contribution in [2.75, 3.05) is 10.6 Å². The van der Waals surface area contributed by atoms with Crippen LogP contribution in [0.4, 0.5) is 11.4 Å². The number of rotatable bonds is 4. The van der Waals surface area contributed by atoms with Crippen LogP contribution in [0.25, 0.3) is 0 Å². The molecule has 106 valence electrons. The molecule has 1 aliphatic carbocycles. The van der Waals surface area contributed by atoms with Crippen molar-refractivity contribution in [1.29, 1.82) is 0 Å². The summed E-state index contributed by atoms with van der Waals surface area (Å²) in [5, 5.41) is 5.60. The number of carbonyl (C=O) groups excluding carboxylic acids is 2. The lowest BCUT2D eigenvalue weighted by atomic mass is 10.2. The van der Waals surface area contributed by atoms with Gasteiger partial charge < -0.3 is 10.6 Å². The molecule has 2 N–H and O–H groups in total. The Morgan fingerprint density at radius 1 is 1.00 bits per heavy atom. The van der Waals surface area contributed by atoms with Gasteiger partial charge in [-0.25, -0.2) is 0 Å². The number of hydrogen-bond donors (Lipinski definition) is 2. The van der Waals surface area contributed by atoms with E-state index in [0.717, 1.165) is 12.8 Å². The molecule has 1 aromatic carbocycles. The minimum atomic E-state index is -0.205. The largest absolute Gasteiger partial charge is 0.326 e. The zero-order valence-electron chi connectivity index (χ0n) is 11.4. The van der Waals surface area contributed by atoms with Gasteiger partial charge in [0.25, 0.3) is 5.91 Å². The van der Waals surface area contributed by atoms with Crippen molar-refractivity contribution in [2.24, 2.45) is 5.92 Å². The van der Waals surface area contributed by atoms with E-state index < -0.39 is 0 Å². The second-order valence-corrected chi connectivity index (χ2v) is 5.04. The molecule has 1 saturated carbocycles. The zero-order chi connectivity index (χ0) is 14.7. The lowest BCUT2D eigenvalue weighted by Crippen LogP contribution is -2.14. The van der Waals surface area contributed by atoms with Crippen molar-refractivity contribution in [3.63, 3.8) is 0 Å². The first-order chi connectivity index (χ1) is 10.2. The van der Waals surface area contributed by atoms with E-state index in [0.29, 0.717) is 16.9 Å². The number of nitrogens with zero attached hydrogens (tertiary/aromatic N) is 1. The van der Waals surface area contributed by atoms with Crippen molar-refractivity contribution < 1.29 is 9.59 Å². The fourth-order valence-corrected chi connectivity index (χ4v) is 1.93. The molecule has 21 heavy (non-hydrogen) atoms. The zero-order valence-corrected chi connectivity index (χ0v) is 11.4. The molecule has 0 saturated heterocycles. The Labute approximate surface area is 122 Å². The van der Waals surface area contributed by atoms with Crippen molar-refractivity contribution in [2.45, 2.75) is 12.8 Å². The first kappa shape index (κ1) is 13.3. The lowest BCUT2D eigenvalue weighted by molar-refractivity contribution is -0.117. The summed E-state index contributed by atoms with van der Waals surface area (Å²) in [6.45, 7) is 0. The molecule has 0 radical (unpaired) electrons. The molecule has 1 heterocycles. The van der Waals surface area contributed by atoms with Crippen molar-refractivity contribution >= 4 is 23.2 Å². The van der Waals surface area contributed by atoms with Crippen LogP contribution in [0.15, 0.2) is 48.8 Å². The Morgan fingerprint density at radius 3 is 2.38 bits per heavy atom. The van der Waals surface area contributed by atoms with Crippen molar-refractivity contribution in [3.05, 3.63) is 54.4 Å². The highest BCUT2D eigenvalue weighted by Crippen LogP contribution is 2.30. The molecule has 5 nitrogen and oxygen atoms in total. The van der Waals surface area contributed by atoms with Crippen LogP contribution in [-0.4, -0.2) is 16.8 Å². The monoisotopic (exact) mass is 281 g/mol. The van der Waals surface area contributed by atoms with Crippen LogP contribution in [0.3, 0.4) is 0 Å². The summed E-state index contributed by atoms with van der Waals surface area (Å²) in [5.41, 5.74) is 1.89. The summed E-state index contributed by atoms with van der Waals surface area (Å²) in [6.07, 6.45) is 5.17. The van der Waals surface area contributed by atoms with Gasteiger partial charge in [0.2, 0.25) is 5.91 Å². The third-order valence-corrected chi connectivity index (χ3v) is 3.28. The topological polar surface area (TPSA) is 71.1 Å². The Balaban J connectivity index is 1.63. The number of benzene rings is 1. The van der Waals surface area contributed by atoms with Gasteiger partial charge in [-0.2, -0.15) is 0 Å². The molecule has 2 amide bonds. The Morgan fingerprint density at radius 2 is 1.76 bits per heavy atom. The van der Waals surface area contributed by atoms with Gasteiger partial charge in [-0.3, -0.25) is 14.6 Å². The predicted octanol–water partition coefficient (Wildman–Crippen LogP) is 2.68. The third-order valence-electron chi connectivity index (χ3n) is 3.28. The average molecular weight is 281 g/mol. The van der Waals surface area contributed by atoms with Gasteiger partial charge in [-0.1, -0.05) is 0 Å². The Hall–Kier alpha value is -2.69. The van der Waals surface area contributed by atoms with Gasteiger partial charge in [0, 0.05) is 23.4 Å². The number of hydrogen-bond acceptors (Lipinski definition) is 3. The van der Waals surface area contributed by atoms with Crippen LogP contribution in [0.5, 0.6) is 0 Å². The number of aromatic nitrogens is 1. The summed E-state index contributed by atoms with van der Waals surface area (Å²) in [4.78, 5) is 27.6. The molecule has 0 atom stereocenters. The molecule has 1 fully saturated rings. The third kappa shape index (κ3) is 3.45. The van der Waals surface area contributed by atoms with E-state index in [1.54, 1.807) is 48.8 Å². The second kappa shape index (κ2) is 5.75. The minimum Gasteiger partial charge on any atom is -0.326 e. The summed E-state index contributed by atoms with van der Waals surface area (Å²) < 4.78 is 0. The van der Waals surface area contributed by atoms with E-state index in [1.165, 1.54) is 0 Å². The fourth-order valence-electron chi connectivity index (χ4n) is 1.93. The van der Waals surface area contributed by atoms with E-state index in [9.17, 15) is 9.59 Å². The van der Waals surface area contributed by atoms with E-state index in [1.807, 2.05) is 0 Å². The molecule has 0 unspecified atom stereocenters. The summed E-state index contributed by atoms with van der Waals surface area (Å²) in [6, 6.07) is 10.4.